The third-order valence-corrected chi connectivity index (χ3v) is 6.92. The van der Waals surface area contributed by atoms with Crippen LogP contribution in [-0.4, -0.2) is 63.0 Å². The Bertz CT molecular complexity index is 1330. The number of nitrogens with zero attached hydrogens (tertiary/aromatic N) is 3. The van der Waals surface area contributed by atoms with Gasteiger partial charge in [-0.25, -0.2) is 4.79 Å². The number of rotatable bonds is 7. The largest absolute Gasteiger partial charge is 0.493 e. The van der Waals surface area contributed by atoms with Crippen molar-refractivity contribution in [3.05, 3.63) is 70.3 Å². The van der Waals surface area contributed by atoms with E-state index in [1.807, 2.05) is 24.3 Å². The van der Waals surface area contributed by atoms with E-state index in [1.165, 1.54) is 15.6 Å². The van der Waals surface area contributed by atoms with E-state index in [1.54, 1.807) is 11.5 Å². The number of aromatic nitrogens is 3. The van der Waals surface area contributed by atoms with Crippen LogP contribution in [0.1, 0.15) is 11.3 Å². The number of hydrogen-bond acceptors (Lipinski definition) is 7. The number of carbonyl (C=O) groups is 1. The van der Waals surface area contributed by atoms with Gasteiger partial charge in [0.25, 0.3) is 0 Å². The maximum absolute atomic E-state index is 12.2. The standard InChI is InChI=1S/C24H26N6O3S/c31-21(15-19-23(32)27-24(33)26-19)25-17-7-5-16(6-8-17)9-10-29-11-13-30(14-12-29)22-18-3-1-2-4-20(18)34-28-22/h1-8,32H,9-15H2,(H,25,31)(H2,26,27,33). The molecule has 0 saturated carbocycles. The van der Waals surface area contributed by atoms with Gasteiger partial charge in [0.2, 0.25) is 11.8 Å². The zero-order chi connectivity index (χ0) is 23.5. The summed E-state index contributed by atoms with van der Waals surface area (Å²) in [5.41, 5.74) is 1.51. The van der Waals surface area contributed by atoms with E-state index in [0.29, 0.717) is 5.69 Å². The molecule has 10 heteroatoms. The first-order valence-electron chi connectivity index (χ1n) is 11.3. The molecule has 0 bridgehead atoms. The third-order valence-electron chi connectivity index (χ3n) is 6.10. The fraction of sp³-hybridized carbons (Fsp3) is 0.292. The van der Waals surface area contributed by atoms with E-state index in [2.05, 4.69) is 53.7 Å². The highest BCUT2D eigenvalue weighted by Gasteiger charge is 2.20. The summed E-state index contributed by atoms with van der Waals surface area (Å²) >= 11 is 1.56. The first-order chi connectivity index (χ1) is 16.5. The molecule has 0 aliphatic carbocycles. The number of imidazole rings is 1. The number of hydrogen-bond donors (Lipinski definition) is 4. The molecule has 1 aliphatic heterocycles. The lowest BCUT2D eigenvalue weighted by Gasteiger charge is -2.35. The highest BCUT2D eigenvalue weighted by molar-refractivity contribution is 7.13. The van der Waals surface area contributed by atoms with E-state index in [4.69, 9.17) is 0 Å². The van der Waals surface area contributed by atoms with Crippen molar-refractivity contribution in [3.63, 3.8) is 0 Å². The zero-order valence-corrected chi connectivity index (χ0v) is 19.4. The Balaban J connectivity index is 1.08. The second kappa shape index (κ2) is 9.70. The van der Waals surface area contributed by atoms with Crippen molar-refractivity contribution in [3.8, 4) is 5.88 Å². The average Bonchev–Trinajstić information content (AvgIpc) is 3.41. The minimum absolute atomic E-state index is 0.116. The molecule has 0 atom stereocenters. The first-order valence-corrected chi connectivity index (χ1v) is 12.0. The molecule has 1 fully saturated rings. The molecule has 9 nitrogen and oxygen atoms in total. The summed E-state index contributed by atoms with van der Waals surface area (Å²) in [6.45, 7) is 4.95. The van der Waals surface area contributed by atoms with Crippen LogP contribution in [0, 0.1) is 0 Å². The highest BCUT2D eigenvalue weighted by Crippen LogP contribution is 2.29. The predicted octanol–water partition coefficient (Wildman–Crippen LogP) is 2.56. The quantitative estimate of drug-likeness (QED) is 0.324. The number of carbonyl (C=O) groups excluding carboxylic acids is 1. The fourth-order valence-electron chi connectivity index (χ4n) is 4.23. The van der Waals surface area contributed by atoms with Crippen LogP contribution in [0.5, 0.6) is 5.88 Å². The molecular weight excluding hydrogens is 452 g/mol. The van der Waals surface area contributed by atoms with E-state index in [9.17, 15) is 14.7 Å². The second-order valence-electron chi connectivity index (χ2n) is 8.41. The number of nitrogens with one attached hydrogen (secondary N) is 3. The Morgan fingerprint density at radius 1 is 1.06 bits per heavy atom. The summed E-state index contributed by atoms with van der Waals surface area (Å²) in [5, 5.41) is 13.6. The highest BCUT2D eigenvalue weighted by atomic mass is 32.1. The monoisotopic (exact) mass is 478 g/mol. The topological polar surface area (TPSA) is 117 Å². The van der Waals surface area contributed by atoms with Crippen LogP contribution in [0.25, 0.3) is 10.1 Å². The number of anilines is 2. The first kappa shape index (κ1) is 22.2. The number of fused-ring (bicyclic) bond motifs is 1. The van der Waals surface area contributed by atoms with Gasteiger partial charge in [-0.1, -0.05) is 24.3 Å². The van der Waals surface area contributed by atoms with Crippen LogP contribution in [-0.2, 0) is 17.6 Å². The molecule has 2 aromatic carbocycles. The number of benzene rings is 2. The smallest absolute Gasteiger partial charge is 0.325 e. The van der Waals surface area contributed by atoms with Crippen LogP contribution in [0.15, 0.2) is 53.3 Å². The van der Waals surface area contributed by atoms with Crippen molar-refractivity contribution in [1.82, 2.24) is 19.2 Å². The maximum atomic E-state index is 12.2. The number of aromatic hydroxyl groups is 1. The van der Waals surface area contributed by atoms with Crippen LogP contribution < -0.4 is 15.9 Å². The summed E-state index contributed by atoms with van der Waals surface area (Å²) in [5.74, 6) is 0.483. The summed E-state index contributed by atoms with van der Waals surface area (Å²) in [6, 6.07) is 16.2. The molecule has 0 radical (unpaired) electrons. The maximum Gasteiger partial charge on any atom is 0.325 e. The van der Waals surface area contributed by atoms with Crippen LogP contribution in [0.4, 0.5) is 11.5 Å². The molecule has 4 aromatic rings. The van der Waals surface area contributed by atoms with Crippen molar-refractivity contribution in [2.24, 2.45) is 0 Å². The fourth-order valence-corrected chi connectivity index (χ4v) is 5.03. The number of amides is 1. The summed E-state index contributed by atoms with van der Waals surface area (Å²) in [6.07, 6.45) is 0.821. The third kappa shape index (κ3) is 4.97. The Kier molecular flexibility index (Phi) is 6.33. The van der Waals surface area contributed by atoms with E-state index < -0.39 is 5.69 Å². The lowest BCUT2D eigenvalue weighted by molar-refractivity contribution is -0.115. The van der Waals surface area contributed by atoms with Gasteiger partial charge in [0.1, 0.15) is 5.82 Å². The van der Waals surface area contributed by atoms with Gasteiger partial charge in [-0.2, -0.15) is 4.37 Å². The van der Waals surface area contributed by atoms with Crippen molar-refractivity contribution in [2.45, 2.75) is 12.8 Å². The van der Waals surface area contributed by atoms with Crippen LogP contribution in [0.2, 0.25) is 0 Å². The van der Waals surface area contributed by atoms with Gasteiger partial charge in [0.05, 0.1) is 16.8 Å². The zero-order valence-electron chi connectivity index (χ0n) is 18.6. The van der Waals surface area contributed by atoms with Gasteiger partial charge in [0.15, 0.2) is 0 Å². The molecule has 1 aliphatic rings. The van der Waals surface area contributed by atoms with Gasteiger partial charge >= 0.3 is 5.69 Å². The molecule has 5 rings (SSSR count). The summed E-state index contributed by atoms with van der Waals surface area (Å²) < 4.78 is 5.92. The molecule has 34 heavy (non-hydrogen) atoms. The molecule has 0 unspecified atom stereocenters. The molecular formula is C24H26N6O3S. The molecule has 0 spiro atoms. The van der Waals surface area contributed by atoms with Crippen LogP contribution >= 0.6 is 11.5 Å². The molecule has 1 saturated heterocycles. The van der Waals surface area contributed by atoms with Gasteiger partial charge in [-0.3, -0.25) is 14.7 Å². The van der Waals surface area contributed by atoms with Crippen molar-refractivity contribution < 1.29 is 9.90 Å². The molecule has 2 aromatic heterocycles. The van der Waals surface area contributed by atoms with Crippen molar-refractivity contribution >= 4 is 39.0 Å². The molecule has 1 amide bonds. The summed E-state index contributed by atoms with van der Waals surface area (Å²) in [7, 11) is 0. The Morgan fingerprint density at radius 2 is 1.82 bits per heavy atom. The van der Waals surface area contributed by atoms with Gasteiger partial charge in [0, 0.05) is 43.8 Å². The molecule has 176 valence electrons. The number of H-pyrrole nitrogens is 2. The minimum Gasteiger partial charge on any atom is -0.493 e. The van der Waals surface area contributed by atoms with Gasteiger partial charge < -0.3 is 20.3 Å². The Hall–Kier alpha value is -3.63. The SMILES string of the molecule is O=C(Cc1[nH]c(=O)[nH]c1O)Nc1ccc(CCN2CCN(c3nsc4ccccc34)CC2)cc1. The Morgan fingerprint density at radius 3 is 2.56 bits per heavy atom. The number of piperazine rings is 1. The normalized spacial score (nSPS) is 14.5. The van der Waals surface area contributed by atoms with E-state index >= 15 is 0 Å². The van der Waals surface area contributed by atoms with Crippen molar-refractivity contribution in [2.75, 3.05) is 42.9 Å². The second-order valence-corrected chi connectivity index (χ2v) is 9.21. The lowest BCUT2D eigenvalue weighted by atomic mass is 10.1. The van der Waals surface area contributed by atoms with Crippen molar-refractivity contribution in [1.29, 1.82) is 0 Å². The van der Waals surface area contributed by atoms with E-state index in [0.717, 1.165) is 45.0 Å². The van der Waals surface area contributed by atoms with Gasteiger partial charge in [-0.05, 0) is 47.8 Å². The number of aromatic amines is 2. The molecule has 4 N–H and O–H groups in total. The summed E-state index contributed by atoms with van der Waals surface area (Å²) in [4.78, 5) is 32.8. The average molecular weight is 479 g/mol. The van der Waals surface area contributed by atoms with Gasteiger partial charge in [-0.15, -0.1) is 0 Å². The molecule has 3 heterocycles. The van der Waals surface area contributed by atoms with E-state index in [-0.39, 0.29) is 23.9 Å². The van der Waals surface area contributed by atoms with Crippen LogP contribution in [0.3, 0.4) is 0 Å². The predicted molar refractivity (Wildman–Crippen MR) is 134 cm³/mol. The lowest BCUT2D eigenvalue weighted by Crippen LogP contribution is -2.47. The Labute approximate surface area is 200 Å². The minimum atomic E-state index is -0.539.